The molecule has 0 fully saturated rings. The molecule has 0 aliphatic carbocycles. The largest absolute Gasteiger partial charge is 0.326 e. The zero-order valence-electron chi connectivity index (χ0n) is 9.92. The Labute approximate surface area is 98.9 Å². The predicted molar refractivity (Wildman–Crippen MR) is 67.4 cm³/mol. The molecule has 16 heavy (non-hydrogen) atoms. The normalized spacial score (nSPS) is 12.7. The van der Waals surface area contributed by atoms with Crippen LogP contribution in [-0.4, -0.2) is 16.2 Å². The average Bonchev–Trinajstić information content (AvgIpc) is 2.24. The van der Waals surface area contributed by atoms with Gasteiger partial charge in [-0.05, 0) is 18.6 Å². The maximum absolute atomic E-state index is 11.7. The van der Waals surface area contributed by atoms with E-state index in [0.29, 0.717) is 10.6 Å². The molecular weight excluding hydrogens is 224 g/mol. The summed E-state index contributed by atoms with van der Waals surface area (Å²) in [7, 11) is 0. The Balaban J connectivity index is 3.11. The SMILES string of the molecule is CCCCC(C)c1c(SC)[nH]c(=O)[nH]c1=O. The molecule has 1 atom stereocenters. The summed E-state index contributed by atoms with van der Waals surface area (Å²) in [5.74, 6) is 0.183. The van der Waals surface area contributed by atoms with Crippen molar-refractivity contribution in [1.82, 2.24) is 9.97 Å². The lowest BCUT2D eigenvalue weighted by atomic mass is 9.98. The van der Waals surface area contributed by atoms with Crippen molar-refractivity contribution in [1.29, 1.82) is 0 Å². The predicted octanol–water partition coefficient (Wildman–Crippen LogP) is 2.08. The Morgan fingerprint density at radius 1 is 1.31 bits per heavy atom. The molecule has 90 valence electrons. The quantitative estimate of drug-likeness (QED) is 0.613. The number of hydrogen-bond donors (Lipinski definition) is 2. The molecule has 0 aliphatic heterocycles. The summed E-state index contributed by atoms with van der Waals surface area (Å²) in [5, 5.41) is 0.692. The van der Waals surface area contributed by atoms with Crippen LogP contribution in [-0.2, 0) is 0 Å². The first kappa shape index (κ1) is 13.1. The fourth-order valence-corrected chi connectivity index (χ4v) is 2.45. The monoisotopic (exact) mass is 242 g/mol. The third-order valence-electron chi connectivity index (χ3n) is 2.63. The molecule has 0 saturated heterocycles. The van der Waals surface area contributed by atoms with Gasteiger partial charge in [0.25, 0.3) is 5.56 Å². The van der Waals surface area contributed by atoms with Gasteiger partial charge < -0.3 is 4.98 Å². The molecule has 1 aromatic rings. The first-order valence-corrected chi connectivity index (χ1v) is 6.73. The minimum atomic E-state index is -0.430. The standard InChI is InChI=1S/C11H18N2O2S/c1-4-5-6-7(2)8-9(14)12-11(15)13-10(8)16-3/h7H,4-6H2,1-3H3,(H2,12,13,14,15). The summed E-state index contributed by atoms with van der Waals surface area (Å²) in [6, 6.07) is 0. The molecule has 4 nitrogen and oxygen atoms in total. The van der Waals surface area contributed by atoms with E-state index in [1.165, 1.54) is 11.8 Å². The van der Waals surface area contributed by atoms with Crippen molar-refractivity contribution in [2.24, 2.45) is 0 Å². The van der Waals surface area contributed by atoms with E-state index in [1.807, 2.05) is 13.2 Å². The van der Waals surface area contributed by atoms with Crippen molar-refractivity contribution < 1.29 is 0 Å². The molecule has 0 saturated carbocycles. The molecule has 0 spiro atoms. The molecule has 0 bridgehead atoms. The minimum absolute atomic E-state index is 0.183. The number of aromatic nitrogens is 2. The second-order valence-electron chi connectivity index (χ2n) is 3.90. The van der Waals surface area contributed by atoms with Crippen LogP contribution in [0.3, 0.4) is 0 Å². The summed E-state index contributed by atoms with van der Waals surface area (Å²) in [5.41, 5.74) is 0.0260. The van der Waals surface area contributed by atoms with E-state index >= 15 is 0 Å². The zero-order chi connectivity index (χ0) is 12.1. The number of nitrogens with one attached hydrogen (secondary N) is 2. The summed E-state index contributed by atoms with van der Waals surface area (Å²) in [6.45, 7) is 4.15. The van der Waals surface area contributed by atoms with Gasteiger partial charge in [-0.1, -0.05) is 26.7 Å². The zero-order valence-corrected chi connectivity index (χ0v) is 10.7. The third-order valence-corrected chi connectivity index (χ3v) is 3.36. The van der Waals surface area contributed by atoms with Crippen molar-refractivity contribution in [2.45, 2.75) is 44.1 Å². The fraction of sp³-hybridized carbons (Fsp3) is 0.636. The van der Waals surface area contributed by atoms with Crippen molar-refractivity contribution in [3.63, 3.8) is 0 Å². The van der Waals surface area contributed by atoms with Gasteiger partial charge in [0.2, 0.25) is 0 Å². The molecule has 1 unspecified atom stereocenters. The molecule has 2 N–H and O–H groups in total. The van der Waals surface area contributed by atoms with Gasteiger partial charge in [0.15, 0.2) is 0 Å². The summed E-state index contributed by atoms with van der Waals surface area (Å²) < 4.78 is 0. The van der Waals surface area contributed by atoms with Gasteiger partial charge in [0.1, 0.15) is 0 Å². The number of aromatic amines is 2. The van der Waals surface area contributed by atoms with Crippen molar-refractivity contribution in [3.05, 3.63) is 26.4 Å². The van der Waals surface area contributed by atoms with Crippen LogP contribution in [0.5, 0.6) is 0 Å². The van der Waals surface area contributed by atoms with Crippen LogP contribution >= 0.6 is 11.8 Å². The van der Waals surface area contributed by atoms with E-state index in [2.05, 4.69) is 16.9 Å². The van der Waals surface area contributed by atoms with Crippen molar-refractivity contribution >= 4 is 11.8 Å². The van der Waals surface area contributed by atoms with Crippen molar-refractivity contribution in [3.8, 4) is 0 Å². The molecule has 0 aromatic carbocycles. The van der Waals surface area contributed by atoms with E-state index in [9.17, 15) is 9.59 Å². The van der Waals surface area contributed by atoms with Gasteiger partial charge in [-0.2, -0.15) is 0 Å². The molecule has 1 aromatic heterocycles. The van der Waals surface area contributed by atoms with Gasteiger partial charge in [-0.3, -0.25) is 9.78 Å². The van der Waals surface area contributed by atoms with Gasteiger partial charge >= 0.3 is 5.69 Å². The van der Waals surface area contributed by atoms with Crippen LogP contribution in [0.25, 0.3) is 0 Å². The molecule has 5 heteroatoms. The highest BCUT2D eigenvalue weighted by Crippen LogP contribution is 2.24. The second-order valence-corrected chi connectivity index (χ2v) is 4.71. The summed E-state index contributed by atoms with van der Waals surface area (Å²) in [4.78, 5) is 27.8. The highest BCUT2D eigenvalue weighted by Gasteiger charge is 2.15. The van der Waals surface area contributed by atoms with Crippen LogP contribution in [0.1, 0.15) is 44.6 Å². The second kappa shape index (κ2) is 5.94. The van der Waals surface area contributed by atoms with E-state index in [0.717, 1.165) is 19.3 Å². The van der Waals surface area contributed by atoms with Crippen LogP contribution in [0, 0.1) is 0 Å². The maximum Gasteiger partial charge on any atom is 0.326 e. The fourth-order valence-electron chi connectivity index (χ4n) is 1.74. The Morgan fingerprint density at radius 3 is 2.56 bits per heavy atom. The number of unbranched alkanes of at least 4 members (excludes halogenated alkanes) is 1. The van der Waals surface area contributed by atoms with Crippen LogP contribution < -0.4 is 11.2 Å². The highest BCUT2D eigenvalue weighted by molar-refractivity contribution is 7.98. The molecule has 0 radical (unpaired) electrons. The summed E-state index contributed by atoms with van der Waals surface area (Å²) in [6.07, 6.45) is 5.04. The Morgan fingerprint density at radius 2 is 2.00 bits per heavy atom. The van der Waals surface area contributed by atoms with E-state index in [-0.39, 0.29) is 11.5 Å². The van der Waals surface area contributed by atoms with Crippen LogP contribution in [0.4, 0.5) is 0 Å². The number of rotatable bonds is 5. The number of thioether (sulfide) groups is 1. The van der Waals surface area contributed by atoms with E-state index in [4.69, 9.17) is 0 Å². The lowest BCUT2D eigenvalue weighted by Crippen LogP contribution is -2.27. The topological polar surface area (TPSA) is 65.7 Å². The lowest BCUT2D eigenvalue weighted by Gasteiger charge is -2.12. The molecule has 1 rings (SSSR count). The van der Waals surface area contributed by atoms with Crippen LogP contribution in [0.15, 0.2) is 14.6 Å². The Bertz CT molecular complexity index is 450. The third kappa shape index (κ3) is 3.01. The highest BCUT2D eigenvalue weighted by atomic mass is 32.2. The Kier molecular flexibility index (Phi) is 4.86. The van der Waals surface area contributed by atoms with Crippen LogP contribution in [0.2, 0.25) is 0 Å². The molecule has 0 aliphatic rings. The van der Waals surface area contributed by atoms with Gasteiger partial charge in [-0.15, -0.1) is 11.8 Å². The smallest absolute Gasteiger partial charge is 0.302 e. The molecular formula is C11H18N2O2S. The van der Waals surface area contributed by atoms with Gasteiger partial charge in [-0.25, -0.2) is 4.79 Å². The van der Waals surface area contributed by atoms with Crippen molar-refractivity contribution in [2.75, 3.05) is 6.26 Å². The van der Waals surface area contributed by atoms with Gasteiger partial charge in [0, 0.05) is 0 Å². The summed E-state index contributed by atoms with van der Waals surface area (Å²) >= 11 is 1.41. The van der Waals surface area contributed by atoms with Gasteiger partial charge in [0.05, 0.1) is 10.6 Å². The number of H-pyrrole nitrogens is 2. The Hall–Kier alpha value is -0.970. The maximum atomic E-state index is 11.7. The minimum Gasteiger partial charge on any atom is -0.302 e. The van der Waals surface area contributed by atoms with E-state index in [1.54, 1.807) is 0 Å². The number of hydrogen-bond acceptors (Lipinski definition) is 3. The molecule has 0 amide bonds. The van der Waals surface area contributed by atoms with E-state index < -0.39 is 5.69 Å². The average molecular weight is 242 g/mol. The molecule has 1 heterocycles. The lowest BCUT2D eigenvalue weighted by molar-refractivity contribution is 0.603. The first-order valence-electron chi connectivity index (χ1n) is 5.50. The first-order chi connectivity index (χ1) is 7.60.